The Balaban J connectivity index is 0.00000169. The molecule has 1 unspecified atom stereocenters. The van der Waals surface area contributed by atoms with E-state index in [0.29, 0.717) is 10.9 Å². The maximum absolute atomic E-state index is 12.8. The lowest BCUT2D eigenvalue weighted by Gasteiger charge is -2.35. The third-order valence-electron chi connectivity index (χ3n) is 4.64. The van der Waals surface area contributed by atoms with Crippen molar-refractivity contribution in [1.29, 1.82) is 0 Å². The standard InChI is InChI=1S/C15H22N6OS.ClH/c1-10-8-17-15(23-10)21-6-4-20(5-7-21)14(22)13-11-9-16-3-2-12(11)18-19-13;/h10,16H,2-9H2,1H3,(H,18,19);1H. The molecule has 1 atom stereocenters. The molecule has 3 aliphatic heterocycles. The van der Waals surface area contributed by atoms with Crippen molar-refractivity contribution in [3.8, 4) is 0 Å². The lowest BCUT2D eigenvalue weighted by Crippen LogP contribution is -2.50. The van der Waals surface area contributed by atoms with E-state index in [0.717, 1.165) is 68.7 Å². The number of hydrogen-bond acceptors (Lipinski definition) is 6. The molecule has 0 bridgehead atoms. The van der Waals surface area contributed by atoms with Crippen LogP contribution in [0.2, 0.25) is 0 Å². The molecule has 7 nitrogen and oxygen atoms in total. The number of carbonyl (C=O) groups is 1. The molecule has 1 amide bonds. The Kier molecular flexibility index (Phi) is 5.36. The van der Waals surface area contributed by atoms with Crippen molar-refractivity contribution in [3.63, 3.8) is 0 Å². The smallest absolute Gasteiger partial charge is 0.274 e. The molecule has 4 rings (SSSR count). The van der Waals surface area contributed by atoms with Gasteiger partial charge in [0.05, 0.1) is 6.54 Å². The van der Waals surface area contributed by atoms with Gasteiger partial charge in [0.1, 0.15) is 0 Å². The van der Waals surface area contributed by atoms with E-state index in [2.05, 4.69) is 32.3 Å². The van der Waals surface area contributed by atoms with Crippen LogP contribution in [-0.2, 0) is 13.0 Å². The predicted octanol–water partition coefficient (Wildman–Crippen LogP) is 0.726. The number of nitrogens with one attached hydrogen (secondary N) is 2. The first kappa shape index (κ1) is 17.6. The number of H-pyrrole nitrogens is 1. The van der Waals surface area contributed by atoms with Crippen molar-refractivity contribution in [2.45, 2.75) is 25.1 Å². The van der Waals surface area contributed by atoms with Crippen molar-refractivity contribution >= 4 is 35.2 Å². The van der Waals surface area contributed by atoms with Crippen LogP contribution in [0.4, 0.5) is 0 Å². The van der Waals surface area contributed by atoms with Crippen LogP contribution in [0.3, 0.4) is 0 Å². The first-order chi connectivity index (χ1) is 11.2. The number of fused-ring (bicyclic) bond motifs is 1. The number of hydrogen-bond donors (Lipinski definition) is 2. The summed E-state index contributed by atoms with van der Waals surface area (Å²) in [6.07, 6.45) is 0.915. The first-order valence-corrected chi connectivity index (χ1v) is 9.12. The third-order valence-corrected chi connectivity index (χ3v) is 5.79. The second kappa shape index (κ2) is 7.33. The second-order valence-electron chi connectivity index (χ2n) is 6.29. The van der Waals surface area contributed by atoms with Gasteiger partial charge in [0.25, 0.3) is 5.91 Å². The van der Waals surface area contributed by atoms with Crippen molar-refractivity contribution < 1.29 is 4.79 Å². The van der Waals surface area contributed by atoms with E-state index in [-0.39, 0.29) is 18.3 Å². The summed E-state index contributed by atoms with van der Waals surface area (Å²) in [4.78, 5) is 21.6. The molecule has 0 aliphatic carbocycles. The van der Waals surface area contributed by atoms with E-state index >= 15 is 0 Å². The Hall–Kier alpha value is -1.25. The van der Waals surface area contributed by atoms with E-state index in [9.17, 15) is 4.79 Å². The number of amides is 1. The van der Waals surface area contributed by atoms with Gasteiger partial charge in [-0.15, -0.1) is 12.4 Å². The Morgan fingerprint density at radius 2 is 2.08 bits per heavy atom. The summed E-state index contributed by atoms with van der Waals surface area (Å²) in [5, 5.41) is 12.4. The summed E-state index contributed by atoms with van der Waals surface area (Å²) in [5.74, 6) is 0.0558. The van der Waals surface area contributed by atoms with Gasteiger partial charge in [0.15, 0.2) is 10.9 Å². The fourth-order valence-electron chi connectivity index (χ4n) is 3.29. The molecular weight excluding hydrogens is 348 g/mol. The molecule has 2 N–H and O–H groups in total. The van der Waals surface area contributed by atoms with Crippen LogP contribution < -0.4 is 5.32 Å². The monoisotopic (exact) mass is 370 g/mol. The van der Waals surface area contributed by atoms with Crippen LogP contribution in [0.1, 0.15) is 28.7 Å². The number of aliphatic imine (C=N–C) groups is 1. The lowest BCUT2D eigenvalue weighted by atomic mass is 10.1. The lowest BCUT2D eigenvalue weighted by molar-refractivity contribution is 0.0686. The molecule has 132 valence electrons. The van der Waals surface area contributed by atoms with Gasteiger partial charge < -0.3 is 15.1 Å². The topological polar surface area (TPSA) is 76.6 Å². The minimum absolute atomic E-state index is 0. The fourth-order valence-corrected chi connectivity index (χ4v) is 4.28. The number of carbonyl (C=O) groups excluding carboxylic acids is 1. The highest BCUT2D eigenvalue weighted by molar-refractivity contribution is 8.14. The zero-order valence-electron chi connectivity index (χ0n) is 13.7. The van der Waals surface area contributed by atoms with Gasteiger partial charge in [-0.25, -0.2) is 0 Å². The van der Waals surface area contributed by atoms with Crippen LogP contribution in [0.5, 0.6) is 0 Å². The highest BCUT2D eigenvalue weighted by Gasteiger charge is 2.30. The molecule has 24 heavy (non-hydrogen) atoms. The van der Waals surface area contributed by atoms with Crippen LogP contribution in [0, 0.1) is 0 Å². The van der Waals surface area contributed by atoms with Crippen LogP contribution in [-0.4, -0.2) is 75.6 Å². The van der Waals surface area contributed by atoms with Crippen LogP contribution >= 0.6 is 24.2 Å². The number of aromatic nitrogens is 2. The maximum Gasteiger partial charge on any atom is 0.274 e. The number of halogens is 1. The average Bonchev–Trinajstić information content (AvgIpc) is 3.21. The molecule has 1 saturated heterocycles. The number of rotatable bonds is 1. The summed E-state index contributed by atoms with van der Waals surface area (Å²) in [6, 6.07) is 0. The van der Waals surface area contributed by atoms with Crippen LogP contribution in [0.25, 0.3) is 0 Å². The molecule has 1 aromatic heterocycles. The van der Waals surface area contributed by atoms with Gasteiger partial charge >= 0.3 is 0 Å². The molecule has 1 fully saturated rings. The minimum Gasteiger partial charge on any atom is -0.348 e. The summed E-state index contributed by atoms with van der Waals surface area (Å²) in [5.41, 5.74) is 2.76. The Morgan fingerprint density at radius 3 is 2.79 bits per heavy atom. The molecular formula is C15H23ClN6OS. The second-order valence-corrected chi connectivity index (χ2v) is 7.69. The molecule has 0 aromatic carbocycles. The number of piperazine rings is 1. The van der Waals surface area contributed by atoms with Gasteiger partial charge in [0.2, 0.25) is 0 Å². The predicted molar refractivity (Wildman–Crippen MR) is 98.1 cm³/mol. The normalized spacial score (nSPS) is 23.5. The van der Waals surface area contributed by atoms with Gasteiger partial charge in [-0.05, 0) is 0 Å². The van der Waals surface area contributed by atoms with Crippen molar-refractivity contribution in [1.82, 2.24) is 25.3 Å². The van der Waals surface area contributed by atoms with Crippen molar-refractivity contribution in [2.24, 2.45) is 4.99 Å². The molecule has 9 heteroatoms. The van der Waals surface area contributed by atoms with E-state index in [4.69, 9.17) is 0 Å². The molecule has 3 aliphatic rings. The average molecular weight is 371 g/mol. The fraction of sp³-hybridized carbons (Fsp3) is 0.667. The van der Waals surface area contributed by atoms with Gasteiger partial charge in [-0.2, -0.15) is 5.10 Å². The van der Waals surface area contributed by atoms with E-state index in [1.807, 2.05) is 16.7 Å². The number of aromatic amines is 1. The van der Waals surface area contributed by atoms with Crippen LogP contribution in [0.15, 0.2) is 4.99 Å². The molecule has 1 aromatic rings. The Labute approximate surface area is 152 Å². The molecule has 4 heterocycles. The molecule has 0 spiro atoms. The van der Waals surface area contributed by atoms with E-state index in [1.165, 1.54) is 0 Å². The number of nitrogens with zero attached hydrogens (tertiary/aromatic N) is 4. The maximum atomic E-state index is 12.8. The minimum atomic E-state index is 0. The summed E-state index contributed by atoms with van der Waals surface area (Å²) >= 11 is 1.84. The summed E-state index contributed by atoms with van der Waals surface area (Å²) < 4.78 is 0. The zero-order valence-corrected chi connectivity index (χ0v) is 15.4. The van der Waals surface area contributed by atoms with Crippen molar-refractivity contribution in [2.75, 3.05) is 39.3 Å². The third kappa shape index (κ3) is 3.27. The summed E-state index contributed by atoms with van der Waals surface area (Å²) in [6.45, 7) is 7.98. The van der Waals surface area contributed by atoms with Gasteiger partial charge in [0, 0.05) is 62.2 Å². The SMILES string of the molecule is CC1CN=C(N2CCN(C(=O)c3n[nH]c4c3CNCC4)CC2)S1.Cl. The zero-order chi connectivity index (χ0) is 15.8. The largest absolute Gasteiger partial charge is 0.348 e. The Morgan fingerprint density at radius 1 is 1.29 bits per heavy atom. The molecule has 0 radical (unpaired) electrons. The first-order valence-electron chi connectivity index (χ1n) is 8.24. The number of amidine groups is 1. The quantitative estimate of drug-likeness (QED) is 0.762. The highest BCUT2D eigenvalue weighted by Crippen LogP contribution is 2.24. The molecule has 0 saturated carbocycles. The van der Waals surface area contributed by atoms with Gasteiger partial charge in [-0.1, -0.05) is 18.7 Å². The number of thioether (sulfide) groups is 1. The van der Waals surface area contributed by atoms with Crippen molar-refractivity contribution in [3.05, 3.63) is 17.0 Å². The Bertz CT molecular complexity index is 640. The van der Waals surface area contributed by atoms with E-state index < -0.39 is 0 Å². The van der Waals surface area contributed by atoms with Gasteiger partial charge in [-0.3, -0.25) is 14.9 Å². The summed E-state index contributed by atoms with van der Waals surface area (Å²) in [7, 11) is 0. The highest BCUT2D eigenvalue weighted by atomic mass is 35.5. The van der Waals surface area contributed by atoms with E-state index in [1.54, 1.807) is 0 Å².